The molecule has 1 atom stereocenters. The first kappa shape index (κ1) is 14.5. The Hall–Kier alpha value is -2.90. The van der Waals surface area contributed by atoms with E-state index in [-0.39, 0.29) is 6.04 Å². The largest absolute Gasteiger partial charge is 0.497 e. The highest BCUT2D eigenvalue weighted by molar-refractivity contribution is 6.38. The van der Waals surface area contributed by atoms with Gasteiger partial charge in [-0.25, -0.2) is 4.68 Å². The molecule has 0 fully saturated rings. The second-order valence-corrected chi connectivity index (χ2v) is 4.28. The highest BCUT2D eigenvalue weighted by Gasteiger charge is 2.17. The summed E-state index contributed by atoms with van der Waals surface area (Å²) in [5, 5.41) is 9.63. The number of hydrogen-bond acceptors (Lipinski definition) is 5. The van der Waals surface area contributed by atoms with Crippen LogP contribution in [-0.4, -0.2) is 33.8 Å². The first-order valence-corrected chi connectivity index (χ1v) is 6.20. The van der Waals surface area contributed by atoms with E-state index in [1.165, 1.54) is 17.3 Å². The molecule has 0 radical (unpaired) electrons. The van der Waals surface area contributed by atoms with Gasteiger partial charge in [-0.3, -0.25) is 15.0 Å². The molecule has 0 bridgehead atoms. The summed E-state index contributed by atoms with van der Waals surface area (Å²) in [6.45, 7) is 1.78. The molecule has 1 aromatic heterocycles. The summed E-state index contributed by atoms with van der Waals surface area (Å²) in [5.41, 5.74) is 3.18. The lowest BCUT2D eigenvalue weighted by molar-refractivity contribution is -0.137. The standard InChI is InChI=1S/C13H15N5O3/c1-9(10-3-5-11(21-2)6-4-10)16-12(19)13(20)17-18-7-14-15-8-18/h3-9H,1-2H3,(H,16,19)(H,17,20). The fraction of sp³-hybridized carbons (Fsp3) is 0.231. The number of carbonyl (C=O) groups excluding carboxylic acids is 2. The molecule has 21 heavy (non-hydrogen) atoms. The molecule has 0 spiro atoms. The SMILES string of the molecule is COc1ccc(C(C)NC(=O)C(=O)Nn2cnnc2)cc1. The zero-order valence-electron chi connectivity index (χ0n) is 11.6. The van der Waals surface area contributed by atoms with Gasteiger partial charge < -0.3 is 10.1 Å². The summed E-state index contributed by atoms with van der Waals surface area (Å²) in [6.07, 6.45) is 2.55. The van der Waals surface area contributed by atoms with Crippen LogP contribution in [-0.2, 0) is 9.59 Å². The minimum absolute atomic E-state index is 0.310. The van der Waals surface area contributed by atoms with E-state index >= 15 is 0 Å². The third kappa shape index (κ3) is 3.78. The Balaban J connectivity index is 1.93. The van der Waals surface area contributed by atoms with Gasteiger partial charge >= 0.3 is 11.8 Å². The summed E-state index contributed by atoms with van der Waals surface area (Å²) in [5.74, 6) is -0.815. The second-order valence-electron chi connectivity index (χ2n) is 4.28. The summed E-state index contributed by atoms with van der Waals surface area (Å²) < 4.78 is 6.26. The molecule has 0 aliphatic rings. The van der Waals surface area contributed by atoms with E-state index in [1.807, 2.05) is 12.1 Å². The van der Waals surface area contributed by atoms with Crippen LogP contribution < -0.4 is 15.5 Å². The third-order valence-electron chi connectivity index (χ3n) is 2.82. The lowest BCUT2D eigenvalue weighted by Gasteiger charge is -2.14. The zero-order valence-corrected chi connectivity index (χ0v) is 11.6. The Bertz CT molecular complexity index is 609. The fourth-order valence-electron chi connectivity index (χ4n) is 1.66. The van der Waals surface area contributed by atoms with Crippen molar-refractivity contribution in [1.29, 1.82) is 0 Å². The van der Waals surface area contributed by atoms with Gasteiger partial charge in [0.25, 0.3) is 0 Å². The van der Waals surface area contributed by atoms with E-state index < -0.39 is 11.8 Å². The fourth-order valence-corrected chi connectivity index (χ4v) is 1.66. The molecule has 2 rings (SSSR count). The van der Waals surface area contributed by atoms with Gasteiger partial charge in [-0.2, -0.15) is 0 Å². The van der Waals surface area contributed by atoms with E-state index in [0.717, 1.165) is 11.3 Å². The van der Waals surface area contributed by atoms with Crippen LogP contribution in [0.2, 0.25) is 0 Å². The molecule has 1 heterocycles. The van der Waals surface area contributed by atoms with Gasteiger partial charge in [0.1, 0.15) is 18.4 Å². The van der Waals surface area contributed by atoms with Gasteiger partial charge in [0, 0.05) is 0 Å². The van der Waals surface area contributed by atoms with Crippen LogP contribution in [0.1, 0.15) is 18.5 Å². The molecule has 0 saturated heterocycles. The van der Waals surface area contributed by atoms with Crippen molar-refractivity contribution in [3.63, 3.8) is 0 Å². The number of nitrogens with one attached hydrogen (secondary N) is 2. The number of amides is 2. The van der Waals surface area contributed by atoms with Gasteiger partial charge in [0.15, 0.2) is 0 Å². The van der Waals surface area contributed by atoms with Crippen LogP contribution in [0.4, 0.5) is 0 Å². The Morgan fingerprint density at radius 3 is 2.33 bits per heavy atom. The van der Waals surface area contributed by atoms with E-state index in [0.29, 0.717) is 0 Å². The Labute approximate surface area is 121 Å². The Kier molecular flexibility index (Phi) is 4.50. The highest BCUT2D eigenvalue weighted by atomic mass is 16.5. The third-order valence-corrected chi connectivity index (χ3v) is 2.82. The van der Waals surface area contributed by atoms with Gasteiger partial charge in [-0.05, 0) is 24.6 Å². The number of rotatable bonds is 4. The molecular formula is C13H15N5O3. The van der Waals surface area contributed by atoms with Crippen LogP contribution in [0.15, 0.2) is 36.9 Å². The van der Waals surface area contributed by atoms with Crippen LogP contribution >= 0.6 is 0 Å². The number of methoxy groups -OCH3 is 1. The molecule has 0 aliphatic heterocycles. The lowest BCUT2D eigenvalue weighted by Crippen LogP contribution is -2.39. The maximum Gasteiger partial charge on any atom is 0.328 e. The minimum Gasteiger partial charge on any atom is -0.497 e. The van der Waals surface area contributed by atoms with Gasteiger partial charge in [0.2, 0.25) is 0 Å². The van der Waals surface area contributed by atoms with Crippen LogP contribution in [0, 0.1) is 0 Å². The predicted molar refractivity (Wildman–Crippen MR) is 73.9 cm³/mol. The van der Waals surface area contributed by atoms with Crippen molar-refractivity contribution in [3.8, 4) is 5.75 Å². The smallest absolute Gasteiger partial charge is 0.328 e. The van der Waals surface area contributed by atoms with Crippen molar-refractivity contribution in [2.45, 2.75) is 13.0 Å². The predicted octanol–water partition coefficient (Wildman–Crippen LogP) is 0.234. The summed E-state index contributed by atoms with van der Waals surface area (Å²) in [6, 6.07) is 6.91. The van der Waals surface area contributed by atoms with Crippen molar-refractivity contribution >= 4 is 11.8 Å². The molecule has 110 valence electrons. The van der Waals surface area contributed by atoms with Crippen molar-refractivity contribution in [2.75, 3.05) is 12.5 Å². The average Bonchev–Trinajstić information content (AvgIpc) is 3.00. The first-order chi connectivity index (χ1) is 10.1. The lowest BCUT2D eigenvalue weighted by atomic mass is 10.1. The van der Waals surface area contributed by atoms with E-state index in [1.54, 1.807) is 26.2 Å². The number of carbonyl (C=O) groups is 2. The zero-order chi connectivity index (χ0) is 15.2. The molecule has 0 aliphatic carbocycles. The minimum atomic E-state index is -0.796. The average molecular weight is 289 g/mol. The van der Waals surface area contributed by atoms with Crippen molar-refractivity contribution in [3.05, 3.63) is 42.5 Å². The molecule has 8 heteroatoms. The Morgan fingerprint density at radius 1 is 1.14 bits per heavy atom. The molecule has 1 unspecified atom stereocenters. The molecule has 0 saturated carbocycles. The topological polar surface area (TPSA) is 98.1 Å². The number of benzene rings is 1. The van der Waals surface area contributed by atoms with Gasteiger partial charge in [0.05, 0.1) is 13.2 Å². The summed E-state index contributed by atoms with van der Waals surface area (Å²) >= 11 is 0. The van der Waals surface area contributed by atoms with E-state index in [4.69, 9.17) is 4.74 Å². The molecule has 2 aromatic rings. The number of nitrogens with zero attached hydrogens (tertiary/aromatic N) is 3. The van der Waals surface area contributed by atoms with Crippen molar-refractivity contribution in [2.24, 2.45) is 0 Å². The van der Waals surface area contributed by atoms with Gasteiger partial charge in [-0.1, -0.05) is 12.1 Å². The molecular weight excluding hydrogens is 274 g/mol. The number of ether oxygens (including phenoxy) is 1. The summed E-state index contributed by atoms with van der Waals surface area (Å²) in [4.78, 5) is 23.4. The first-order valence-electron chi connectivity index (χ1n) is 6.20. The molecule has 8 nitrogen and oxygen atoms in total. The normalized spacial score (nSPS) is 11.5. The molecule has 2 amide bonds. The maximum absolute atomic E-state index is 11.8. The molecule has 2 N–H and O–H groups in total. The monoisotopic (exact) mass is 289 g/mol. The van der Waals surface area contributed by atoms with E-state index in [2.05, 4.69) is 20.9 Å². The van der Waals surface area contributed by atoms with E-state index in [9.17, 15) is 9.59 Å². The molecule has 1 aromatic carbocycles. The van der Waals surface area contributed by atoms with Crippen LogP contribution in [0.5, 0.6) is 5.75 Å². The second kappa shape index (κ2) is 6.51. The summed E-state index contributed by atoms with van der Waals surface area (Å²) in [7, 11) is 1.58. The number of hydrogen-bond donors (Lipinski definition) is 2. The van der Waals surface area contributed by atoms with Crippen LogP contribution in [0.3, 0.4) is 0 Å². The maximum atomic E-state index is 11.8. The van der Waals surface area contributed by atoms with Crippen LogP contribution in [0.25, 0.3) is 0 Å². The quantitative estimate of drug-likeness (QED) is 0.785. The number of aromatic nitrogens is 3. The van der Waals surface area contributed by atoms with Crippen molar-refractivity contribution < 1.29 is 14.3 Å². The highest BCUT2D eigenvalue weighted by Crippen LogP contribution is 2.16. The van der Waals surface area contributed by atoms with Gasteiger partial charge in [-0.15, -0.1) is 10.2 Å². The van der Waals surface area contributed by atoms with Crippen molar-refractivity contribution in [1.82, 2.24) is 20.2 Å². The Morgan fingerprint density at radius 2 is 1.76 bits per heavy atom.